The molecule has 0 aliphatic heterocycles. The zero-order valence-corrected chi connectivity index (χ0v) is 17.0. The van der Waals surface area contributed by atoms with E-state index in [1.54, 1.807) is 17.5 Å². The predicted octanol–water partition coefficient (Wildman–Crippen LogP) is 6.43. The number of benzene rings is 2. The van der Waals surface area contributed by atoms with Gasteiger partial charge in [0.05, 0.1) is 27.6 Å². The molecule has 4 nitrogen and oxygen atoms in total. The molecule has 2 aromatic carbocycles. The van der Waals surface area contributed by atoms with Crippen LogP contribution in [0.2, 0.25) is 5.02 Å². The van der Waals surface area contributed by atoms with Crippen LogP contribution in [0.4, 0.5) is 0 Å². The normalized spacial score (nSPS) is 11.5. The molecule has 0 aliphatic rings. The van der Waals surface area contributed by atoms with E-state index in [1.807, 2.05) is 24.3 Å². The number of H-pyrrole nitrogens is 1. The Bertz CT molecular complexity index is 1320. The number of aromatic nitrogens is 4. The standard InChI is InChI=1S/C22H17ClN4S/c1-3-15-12(2)10-18-21(20(15)13-4-6-14(23)7-5-13)28-22(26-18)17-9-8-16-19(25-17)11-24-27-16/h4-11H,3H2,1-2H3,(H,24,27). The van der Waals surface area contributed by atoms with Crippen LogP contribution in [0.3, 0.4) is 0 Å². The lowest BCUT2D eigenvalue weighted by atomic mass is 9.94. The Morgan fingerprint density at radius 2 is 1.86 bits per heavy atom. The van der Waals surface area contributed by atoms with Crippen LogP contribution in [0, 0.1) is 6.92 Å². The smallest absolute Gasteiger partial charge is 0.143 e. The third-order valence-electron chi connectivity index (χ3n) is 5.01. The zero-order valence-electron chi connectivity index (χ0n) is 15.5. The number of fused-ring (bicyclic) bond motifs is 2. The van der Waals surface area contributed by atoms with Crippen molar-refractivity contribution in [3.63, 3.8) is 0 Å². The van der Waals surface area contributed by atoms with E-state index in [1.165, 1.54) is 27.0 Å². The molecule has 0 fully saturated rings. The molecule has 0 saturated carbocycles. The molecule has 5 rings (SSSR count). The molecular formula is C22H17ClN4S. The minimum Gasteiger partial charge on any atom is -0.276 e. The number of aryl methyl sites for hydroxylation is 1. The fourth-order valence-corrected chi connectivity index (χ4v) is 4.91. The summed E-state index contributed by atoms with van der Waals surface area (Å²) < 4.78 is 1.19. The largest absolute Gasteiger partial charge is 0.276 e. The van der Waals surface area contributed by atoms with Crippen molar-refractivity contribution in [2.24, 2.45) is 0 Å². The number of hydrogen-bond acceptors (Lipinski definition) is 4. The van der Waals surface area contributed by atoms with Crippen molar-refractivity contribution in [1.82, 2.24) is 20.2 Å². The van der Waals surface area contributed by atoms with E-state index in [0.717, 1.165) is 38.7 Å². The summed E-state index contributed by atoms with van der Waals surface area (Å²) in [5.41, 5.74) is 8.68. The van der Waals surface area contributed by atoms with E-state index in [9.17, 15) is 0 Å². The minimum absolute atomic E-state index is 0.744. The van der Waals surface area contributed by atoms with Gasteiger partial charge in [0, 0.05) is 10.6 Å². The van der Waals surface area contributed by atoms with Crippen LogP contribution in [-0.2, 0) is 6.42 Å². The van der Waals surface area contributed by atoms with Gasteiger partial charge in [-0.25, -0.2) is 9.97 Å². The molecule has 0 saturated heterocycles. The van der Waals surface area contributed by atoms with Gasteiger partial charge in [-0.1, -0.05) is 30.7 Å². The van der Waals surface area contributed by atoms with Crippen molar-refractivity contribution in [3.8, 4) is 21.8 Å². The summed E-state index contributed by atoms with van der Waals surface area (Å²) in [6, 6.07) is 14.2. The molecule has 3 aromatic heterocycles. The molecule has 0 spiro atoms. The molecule has 0 bridgehead atoms. The number of hydrogen-bond donors (Lipinski definition) is 1. The Morgan fingerprint density at radius 1 is 1.04 bits per heavy atom. The Hall–Kier alpha value is -2.76. The Kier molecular flexibility index (Phi) is 4.14. The third kappa shape index (κ3) is 2.79. The van der Waals surface area contributed by atoms with Gasteiger partial charge in [-0.05, 0) is 60.4 Å². The number of aromatic amines is 1. The summed E-state index contributed by atoms with van der Waals surface area (Å²) in [5.74, 6) is 0. The molecule has 138 valence electrons. The van der Waals surface area contributed by atoms with E-state index in [-0.39, 0.29) is 0 Å². The maximum atomic E-state index is 6.12. The third-order valence-corrected chi connectivity index (χ3v) is 6.38. The number of pyridine rings is 1. The lowest BCUT2D eigenvalue weighted by Gasteiger charge is -2.12. The van der Waals surface area contributed by atoms with Crippen LogP contribution < -0.4 is 0 Å². The molecule has 6 heteroatoms. The van der Waals surface area contributed by atoms with E-state index < -0.39 is 0 Å². The summed E-state index contributed by atoms with van der Waals surface area (Å²) in [6.45, 7) is 4.36. The van der Waals surface area contributed by atoms with Crippen molar-refractivity contribution in [1.29, 1.82) is 0 Å². The second kappa shape index (κ2) is 6.69. The summed E-state index contributed by atoms with van der Waals surface area (Å²) in [4.78, 5) is 9.63. The zero-order chi connectivity index (χ0) is 19.3. The number of halogens is 1. The van der Waals surface area contributed by atoms with Crippen LogP contribution in [0.5, 0.6) is 0 Å². The van der Waals surface area contributed by atoms with Gasteiger partial charge < -0.3 is 0 Å². The molecule has 0 atom stereocenters. The molecule has 0 radical (unpaired) electrons. The number of nitrogens with zero attached hydrogens (tertiary/aromatic N) is 3. The van der Waals surface area contributed by atoms with Gasteiger partial charge in [-0.2, -0.15) is 5.10 Å². The van der Waals surface area contributed by atoms with Crippen LogP contribution >= 0.6 is 22.9 Å². The van der Waals surface area contributed by atoms with Crippen LogP contribution in [0.25, 0.3) is 43.1 Å². The fraction of sp³-hybridized carbons (Fsp3) is 0.136. The second-order valence-electron chi connectivity index (χ2n) is 6.77. The maximum Gasteiger partial charge on any atom is 0.143 e. The Morgan fingerprint density at radius 3 is 2.64 bits per heavy atom. The summed E-state index contributed by atoms with van der Waals surface area (Å²) in [5, 5.41) is 8.66. The fourth-order valence-electron chi connectivity index (χ4n) is 3.67. The SMILES string of the molecule is CCc1c(C)cc2nc(-c3ccc4[nH]ncc4n3)sc2c1-c1ccc(Cl)cc1. The van der Waals surface area contributed by atoms with Gasteiger partial charge in [0.25, 0.3) is 0 Å². The highest BCUT2D eigenvalue weighted by molar-refractivity contribution is 7.22. The number of nitrogens with one attached hydrogen (secondary N) is 1. The Labute approximate surface area is 171 Å². The number of rotatable bonds is 3. The summed E-state index contributed by atoms with van der Waals surface area (Å²) >= 11 is 7.81. The molecule has 0 amide bonds. The van der Waals surface area contributed by atoms with E-state index in [4.69, 9.17) is 21.6 Å². The van der Waals surface area contributed by atoms with E-state index in [2.05, 4.69) is 42.2 Å². The van der Waals surface area contributed by atoms with Crippen molar-refractivity contribution in [2.75, 3.05) is 0 Å². The molecule has 3 heterocycles. The first-order valence-electron chi connectivity index (χ1n) is 9.13. The highest BCUT2D eigenvalue weighted by Crippen LogP contribution is 2.40. The summed E-state index contributed by atoms with van der Waals surface area (Å²) in [7, 11) is 0. The predicted molar refractivity (Wildman–Crippen MR) is 117 cm³/mol. The molecule has 28 heavy (non-hydrogen) atoms. The molecule has 1 N–H and O–H groups in total. The molecule has 0 aliphatic carbocycles. The van der Waals surface area contributed by atoms with Crippen LogP contribution in [0.15, 0.2) is 48.7 Å². The number of thiazole rings is 1. The van der Waals surface area contributed by atoms with Gasteiger partial charge in [-0.3, -0.25) is 5.10 Å². The highest BCUT2D eigenvalue weighted by Gasteiger charge is 2.17. The monoisotopic (exact) mass is 404 g/mol. The van der Waals surface area contributed by atoms with Gasteiger partial charge in [0.1, 0.15) is 10.5 Å². The van der Waals surface area contributed by atoms with Crippen LogP contribution in [0.1, 0.15) is 18.1 Å². The highest BCUT2D eigenvalue weighted by atomic mass is 35.5. The first-order valence-corrected chi connectivity index (χ1v) is 10.3. The van der Waals surface area contributed by atoms with Gasteiger partial charge >= 0.3 is 0 Å². The second-order valence-corrected chi connectivity index (χ2v) is 8.21. The summed E-state index contributed by atoms with van der Waals surface area (Å²) in [6.07, 6.45) is 2.71. The Balaban J connectivity index is 1.76. The van der Waals surface area contributed by atoms with Crippen LogP contribution in [-0.4, -0.2) is 20.2 Å². The van der Waals surface area contributed by atoms with E-state index in [0.29, 0.717) is 0 Å². The van der Waals surface area contributed by atoms with Gasteiger partial charge in [0.2, 0.25) is 0 Å². The van der Waals surface area contributed by atoms with Gasteiger partial charge in [0.15, 0.2) is 0 Å². The lowest BCUT2D eigenvalue weighted by Crippen LogP contribution is -1.93. The van der Waals surface area contributed by atoms with Crippen molar-refractivity contribution in [2.45, 2.75) is 20.3 Å². The van der Waals surface area contributed by atoms with Crippen molar-refractivity contribution in [3.05, 3.63) is 64.8 Å². The first-order chi connectivity index (χ1) is 13.6. The van der Waals surface area contributed by atoms with Gasteiger partial charge in [-0.15, -0.1) is 11.3 Å². The molecular weight excluding hydrogens is 388 g/mol. The molecule has 0 unspecified atom stereocenters. The van der Waals surface area contributed by atoms with Crippen molar-refractivity contribution < 1.29 is 0 Å². The molecule has 5 aromatic rings. The lowest BCUT2D eigenvalue weighted by molar-refractivity contribution is 1.12. The van der Waals surface area contributed by atoms with Crippen molar-refractivity contribution >= 4 is 44.2 Å². The minimum atomic E-state index is 0.744. The average Bonchev–Trinajstić information content (AvgIpc) is 3.33. The first kappa shape index (κ1) is 17.3. The van der Waals surface area contributed by atoms with E-state index >= 15 is 0 Å². The topological polar surface area (TPSA) is 54.5 Å². The maximum absolute atomic E-state index is 6.12. The average molecular weight is 405 g/mol. The quantitative estimate of drug-likeness (QED) is 0.377.